The fourth-order valence-corrected chi connectivity index (χ4v) is 4.00. The van der Waals surface area contributed by atoms with Crippen molar-refractivity contribution < 1.29 is 14.3 Å². The molecule has 4 nitrogen and oxygen atoms in total. The zero-order chi connectivity index (χ0) is 15.1. The maximum absolute atomic E-state index is 13.3. The van der Waals surface area contributed by atoms with Gasteiger partial charge in [-0.25, -0.2) is 4.39 Å². The monoisotopic (exact) mass is 286 g/mol. The molecule has 0 bridgehead atoms. The molecular formula is C15H27FN2O2. The molecule has 0 aliphatic carbocycles. The minimum atomic E-state index is -1.29. The predicted molar refractivity (Wildman–Crippen MR) is 76.1 cm³/mol. The van der Waals surface area contributed by atoms with Crippen LogP contribution in [0.3, 0.4) is 0 Å². The Bertz CT molecular complexity index is 358. The fraction of sp³-hybridized carbons (Fsp3) is 0.933. The first-order valence-electron chi connectivity index (χ1n) is 7.47. The SMILES string of the molecule is CC1(C)CC(CC(=O)N2C[C@@H](O)[C@H](F)C2)CC(C)(C)N1. The number of rotatable bonds is 2. The van der Waals surface area contributed by atoms with E-state index in [9.17, 15) is 14.3 Å². The van der Waals surface area contributed by atoms with Crippen molar-refractivity contribution in [3.63, 3.8) is 0 Å². The molecule has 0 saturated carbocycles. The Labute approximate surface area is 120 Å². The molecule has 0 spiro atoms. The van der Waals surface area contributed by atoms with E-state index in [1.807, 2.05) is 0 Å². The van der Waals surface area contributed by atoms with Gasteiger partial charge in [0.1, 0.15) is 12.3 Å². The molecule has 2 fully saturated rings. The van der Waals surface area contributed by atoms with Crippen molar-refractivity contribution in [2.75, 3.05) is 13.1 Å². The van der Waals surface area contributed by atoms with E-state index in [2.05, 4.69) is 33.0 Å². The van der Waals surface area contributed by atoms with Gasteiger partial charge in [-0.05, 0) is 46.5 Å². The fourth-order valence-electron chi connectivity index (χ4n) is 4.00. The maximum atomic E-state index is 13.3. The van der Waals surface area contributed by atoms with E-state index < -0.39 is 12.3 Å². The number of amides is 1. The molecule has 2 aliphatic rings. The van der Waals surface area contributed by atoms with E-state index in [1.165, 1.54) is 4.90 Å². The normalized spacial score (nSPS) is 33.4. The van der Waals surface area contributed by atoms with Crippen molar-refractivity contribution in [2.24, 2.45) is 5.92 Å². The third-order valence-corrected chi connectivity index (χ3v) is 4.31. The number of hydrogen-bond donors (Lipinski definition) is 2. The number of nitrogens with one attached hydrogen (secondary N) is 1. The van der Waals surface area contributed by atoms with Gasteiger partial charge in [0.05, 0.1) is 6.54 Å². The number of aliphatic hydroxyl groups is 1. The quantitative estimate of drug-likeness (QED) is 0.808. The lowest BCUT2D eigenvalue weighted by atomic mass is 9.74. The average Bonchev–Trinajstić information content (AvgIpc) is 2.54. The van der Waals surface area contributed by atoms with Crippen molar-refractivity contribution in [2.45, 2.75) is 70.3 Å². The van der Waals surface area contributed by atoms with E-state index in [0.717, 1.165) is 12.8 Å². The Kier molecular flexibility index (Phi) is 4.13. The highest BCUT2D eigenvalue weighted by Gasteiger charge is 2.40. The van der Waals surface area contributed by atoms with Crippen LogP contribution in [0.25, 0.3) is 0 Å². The summed E-state index contributed by atoms with van der Waals surface area (Å²) >= 11 is 0. The van der Waals surface area contributed by atoms with Gasteiger partial charge in [0, 0.05) is 24.0 Å². The summed E-state index contributed by atoms with van der Waals surface area (Å²) < 4.78 is 13.3. The highest BCUT2D eigenvalue weighted by atomic mass is 19.1. The van der Waals surface area contributed by atoms with Gasteiger partial charge in [-0.15, -0.1) is 0 Å². The molecule has 20 heavy (non-hydrogen) atoms. The second-order valence-electron chi connectivity index (χ2n) is 7.75. The molecule has 2 N–H and O–H groups in total. The summed E-state index contributed by atoms with van der Waals surface area (Å²) in [6.07, 6.45) is 0.0307. The lowest BCUT2D eigenvalue weighted by molar-refractivity contribution is -0.132. The summed E-state index contributed by atoms with van der Waals surface area (Å²) in [6, 6.07) is 0. The number of nitrogens with zero attached hydrogens (tertiary/aromatic N) is 1. The van der Waals surface area contributed by atoms with Gasteiger partial charge < -0.3 is 15.3 Å². The highest BCUT2D eigenvalue weighted by molar-refractivity contribution is 5.77. The lowest BCUT2D eigenvalue weighted by Gasteiger charge is -2.46. The molecule has 0 unspecified atom stereocenters. The second-order valence-corrected chi connectivity index (χ2v) is 7.75. The topological polar surface area (TPSA) is 52.6 Å². The number of alkyl halides is 1. The van der Waals surface area contributed by atoms with Gasteiger partial charge >= 0.3 is 0 Å². The van der Waals surface area contributed by atoms with Crippen LogP contribution in [-0.2, 0) is 4.79 Å². The van der Waals surface area contributed by atoms with Crippen LogP contribution in [0.15, 0.2) is 0 Å². The van der Waals surface area contributed by atoms with Gasteiger partial charge in [0.15, 0.2) is 0 Å². The first-order chi connectivity index (χ1) is 9.08. The number of aliphatic hydroxyl groups excluding tert-OH is 1. The molecule has 0 aromatic heterocycles. The summed E-state index contributed by atoms with van der Waals surface area (Å²) in [4.78, 5) is 13.7. The molecule has 5 heteroatoms. The van der Waals surface area contributed by atoms with Crippen LogP contribution in [0.4, 0.5) is 4.39 Å². The largest absolute Gasteiger partial charge is 0.388 e. The van der Waals surface area contributed by atoms with Crippen LogP contribution < -0.4 is 5.32 Å². The van der Waals surface area contributed by atoms with Crippen molar-refractivity contribution in [3.05, 3.63) is 0 Å². The minimum Gasteiger partial charge on any atom is -0.388 e. The zero-order valence-corrected chi connectivity index (χ0v) is 12.9. The van der Waals surface area contributed by atoms with Crippen molar-refractivity contribution in [1.29, 1.82) is 0 Å². The van der Waals surface area contributed by atoms with Crippen molar-refractivity contribution in [3.8, 4) is 0 Å². The van der Waals surface area contributed by atoms with E-state index in [1.54, 1.807) is 0 Å². The predicted octanol–water partition coefficient (Wildman–Crippen LogP) is 1.47. The Morgan fingerprint density at radius 3 is 2.25 bits per heavy atom. The van der Waals surface area contributed by atoms with Crippen LogP contribution in [0.1, 0.15) is 47.0 Å². The Balaban J connectivity index is 1.94. The van der Waals surface area contributed by atoms with E-state index in [0.29, 0.717) is 12.3 Å². The molecule has 0 radical (unpaired) electrons. The third-order valence-electron chi connectivity index (χ3n) is 4.31. The first kappa shape index (κ1) is 15.7. The minimum absolute atomic E-state index is 0.0137. The Morgan fingerprint density at radius 2 is 1.80 bits per heavy atom. The molecule has 2 heterocycles. The molecular weight excluding hydrogens is 259 g/mol. The van der Waals surface area contributed by atoms with E-state index in [-0.39, 0.29) is 30.1 Å². The van der Waals surface area contributed by atoms with Crippen molar-refractivity contribution in [1.82, 2.24) is 10.2 Å². The number of hydrogen-bond acceptors (Lipinski definition) is 3. The number of carbonyl (C=O) groups is 1. The third kappa shape index (κ3) is 3.70. The number of piperidine rings is 1. The van der Waals surface area contributed by atoms with E-state index in [4.69, 9.17) is 0 Å². The van der Waals surface area contributed by atoms with Gasteiger partial charge in [-0.2, -0.15) is 0 Å². The Hall–Kier alpha value is -0.680. The molecule has 2 atom stereocenters. The van der Waals surface area contributed by atoms with Gasteiger partial charge in [-0.3, -0.25) is 4.79 Å². The molecule has 116 valence electrons. The molecule has 0 aromatic carbocycles. The summed E-state index contributed by atoms with van der Waals surface area (Å²) in [5.41, 5.74) is 0.0275. The molecule has 2 saturated heterocycles. The summed E-state index contributed by atoms with van der Waals surface area (Å²) in [7, 11) is 0. The Morgan fingerprint density at radius 1 is 1.25 bits per heavy atom. The van der Waals surface area contributed by atoms with E-state index >= 15 is 0 Å². The maximum Gasteiger partial charge on any atom is 0.223 e. The summed E-state index contributed by atoms with van der Waals surface area (Å²) in [6.45, 7) is 8.80. The first-order valence-corrected chi connectivity index (χ1v) is 7.47. The van der Waals surface area contributed by atoms with Crippen LogP contribution in [0.5, 0.6) is 0 Å². The smallest absolute Gasteiger partial charge is 0.223 e. The van der Waals surface area contributed by atoms with Crippen LogP contribution in [0, 0.1) is 5.92 Å². The second kappa shape index (κ2) is 5.26. The summed E-state index contributed by atoms with van der Waals surface area (Å²) in [5, 5.41) is 13.0. The average molecular weight is 286 g/mol. The number of halogens is 1. The van der Waals surface area contributed by atoms with Crippen LogP contribution in [0.2, 0.25) is 0 Å². The van der Waals surface area contributed by atoms with Gasteiger partial charge in [0.25, 0.3) is 0 Å². The summed E-state index contributed by atoms with van der Waals surface area (Å²) in [5.74, 6) is 0.284. The van der Waals surface area contributed by atoms with Gasteiger partial charge in [0.2, 0.25) is 5.91 Å². The number of likely N-dealkylation sites (tertiary alicyclic amines) is 1. The van der Waals surface area contributed by atoms with Crippen LogP contribution >= 0.6 is 0 Å². The standard InChI is InChI=1S/C15H27FN2O2/c1-14(2)6-10(7-15(3,4)17-14)5-13(20)18-8-11(16)12(19)9-18/h10-12,17,19H,5-9H2,1-4H3/t11-,12-/m1/s1. The van der Waals surface area contributed by atoms with Crippen LogP contribution in [-0.4, -0.2) is 52.4 Å². The number of carbonyl (C=O) groups excluding carboxylic acids is 1. The molecule has 0 aromatic rings. The lowest BCUT2D eigenvalue weighted by Crippen LogP contribution is -2.58. The van der Waals surface area contributed by atoms with Crippen molar-refractivity contribution >= 4 is 5.91 Å². The molecule has 2 aliphatic heterocycles. The highest BCUT2D eigenvalue weighted by Crippen LogP contribution is 2.35. The number of β-amino-alcohol motifs (C(OH)–C–C–N with tert-alkyl or cyclic N) is 1. The van der Waals surface area contributed by atoms with Gasteiger partial charge in [-0.1, -0.05) is 0 Å². The molecule has 1 amide bonds. The molecule has 2 rings (SSSR count). The zero-order valence-electron chi connectivity index (χ0n) is 12.9.